The lowest BCUT2D eigenvalue weighted by molar-refractivity contribution is 0.475. The van der Waals surface area contributed by atoms with Crippen LogP contribution >= 0.6 is 12.6 Å². The fourth-order valence-electron chi connectivity index (χ4n) is 0.610. The number of rotatable bonds is 1. The summed E-state index contributed by atoms with van der Waals surface area (Å²) in [5, 5.41) is 7.14. The smallest absolute Gasteiger partial charge is 0.253 e. The number of hydrogen-bond donors (Lipinski definition) is 1. The molecule has 0 atom stereocenters. The van der Waals surface area contributed by atoms with Gasteiger partial charge in [0.1, 0.15) is 0 Å². The van der Waals surface area contributed by atoms with Crippen molar-refractivity contribution in [1.82, 2.24) is 0 Å². The van der Waals surface area contributed by atoms with Crippen molar-refractivity contribution in [3.63, 3.8) is 0 Å². The summed E-state index contributed by atoms with van der Waals surface area (Å²) < 4.78 is 0. The highest BCUT2D eigenvalue weighted by Crippen LogP contribution is 2.10. The zero-order chi connectivity index (χ0) is 6.69. The second-order valence-corrected chi connectivity index (χ2v) is 2.17. The zero-order valence-corrected chi connectivity index (χ0v) is 5.86. The molecule has 1 aromatic carbocycles. The largest absolute Gasteiger partial charge is 0.593 e. The lowest BCUT2D eigenvalue weighted by Crippen LogP contribution is -1.73. The van der Waals surface area contributed by atoms with E-state index >= 15 is 0 Å². The van der Waals surface area contributed by atoms with Gasteiger partial charge < -0.3 is 5.11 Å². The minimum atomic E-state index is 0.556. The summed E-state index contributed by atoms with van der Waals surface area (Å²) in [6.07, 6.45) is 0. The van der Waals surface area contributed by atoms with Crippen LogP contribution in [0.4, 0.5) is 0 Å². The Morgan fingerprint density at radius 1 is 1.22 bits per heavy atom. The molecule has 1 nitrogen and oxygen atoms in total. The van der Waals surface area contributed by atoms with E-state index in [2.05, 4.69) is 12.6 Å². The van der Waals surface area contributed by atoms with E-state index < -0.39 is 0 Å². The maximum atomic E-state index is 7.14. The molecule has 48 valence electrons. The SMILES string of the molecule is [OH2+]c1ccc(CS)cc1. The van der Waals surface area contributed by atoms with Gasteiger partial charge in [-0.1, -0.05) is 0 Å². The fraction of sp³-hybridized carbons (Fsp3) is 0.143. The predicted molar refractivity (Wildman–Crippen MR) is 42.2 cm³/mol. The van der Waals surface area contributed by atoms with Gasteiger partial charge in [0.25, 0.3) is 5.75 Å². The number of hydrogen-bond acceptors (Lipinski definition) is 1. The summed E-state index contributed by atoms with van der Waals surface area (Å²) in [5.41, 5.74) is 1.16. The number of thiol groups is 1. The Morgan fingerprint density at radius 2 is 1.78 bits per heavy atom. The Bertz CT molecular complexity index is 181. The highest BCUT2D eigenvalue weighted by Gasteiger charge is 1.90. The molecule has 0 amide bonds. The second-order valence-electron chi connectivity index (χ2n) is 1.86. The van der Waals surface area contributed by atoms with Gasteiger partial charge in [0.15, 0.2) is 0 Å². The molecule has 1 aromatic rings. The van der Waals surface area contributed by atoms with Crippen LogP contribution in [0.2, 0.25) is 0 Å². The van der Waals surface area contributed by atoms with Crippen LogP contribution in [0.1, 0.15) is 5.56 Å². The van der Waals surface area contributed by atoms with Crippen molar-refractivity contribution >= 4 is 12.6 Å². The molecule has 2 N–H and O–H groups in total. The van der Waals surface area contributed by atoms with Crippen LogP contribution in [0.25, 0.3) is 0 Å². The summed E-state index contributed by atoms with van der Waals surface area (Å²) >= 11 is 4.08. The molecule has 1 rings (SSSR count). The van der Waals surface area contributed by atoms with E-state index in [1.54, 1.807) is 12.1 Å². The average Bonchev–Trinajstić information content (AvgIpc) is 1.90. The molecule has 2 heteroatoms. The standard InChI is InChI=1S/C7H8OS/c8-7-3-1-6(5-9)2-4-7/h1-4,8-9H,5H2/p+1. The van der Waals surface area contributed by atoms with Crippen molar-refractivity contribution in [3.05, 3.63) is 29.8 Å². The van der Waals surface area contributed by atoms with Crippen LogP contribution in [-0.4, -0.2) is 5.11 Å². The summed E-state index contributed by atoms with van der Waals surface area (Å²) in [6.45, 7) is 0. The maximum Gasteiger partial charge on any atom is 0.253 e. The van der Waals surface area contributed by atoms with Crippen LogP contribution < -0.4 is 0 Å². The molecule has 0 unspecified atom stereocenters. The van der Waals surface area contributed by atoms with E-state index in [0.717, 1.165) is 11.3 Å². The Balaban J connectivity index is 2.88. The van der Waals surface area contributed by atoms with Crippen LogP contribution in [0.5, 0.6) is 5.75 Å². The summed E-state index contributed by atoms with van der Waals surface area (Å²) in [4.78, 5) is 0. The third-order valence-electron chi connectivity index (χ3n) is 1.14. The van der Waals surface area contributed by atoms with E-state index in [1.807, 2.05) is 12.1 Å². The Hall–Kier alpha value is -0.630. The summed E-state index contributed by atoms with van der Waals surface area (Å²) in [5.74, 6) is 1.31. The highest BCUT2D eigenvalue weighted by atomic mass is 32.1. The molecule has 0 saturated carbocycles. The fourth-order valence-corrected chi connectivity index (χ4v) is 0.821. The molecule has 0 bridgehead atoms. The molecule has 0 aliphatic rings. The lowest BCUT2D eigenvalue weighted by atomic mass is 10.2. The van der Waals surface area contributed by atoms with Gasteiger partial charge in [0.2, 0.25) is 0 Å². The maximum absolute atomic E-state index is 7.14. The van der Waals surface area contributed by atoms with Gasteiger partial charge >= 0.3 is 0 Å². The normalized spacial score (nSPS) is 9.44. The molecule has 0 heterocycles. The second kappa shape index (κ2) is 2.78. The molecule has 0 spiro atoms. The molecule has 0 aromatic heterocycles. The lowest BCUT2D eigenvalue weighted by Gasteiger charge is -1.91. The Labute approximate surface area is 59.7 Å². The van der Waals surface area contributed by atoms with Crippen LogP contribution in [-0.2, 0) is 5.75 Å². The van der Waals surface area contributed by atoms with Crippen molar-refractivity contribution in [2.24, 2.45) is 0 Å². The molecule has 0 saturated heterocycles. The first kappa shape index (κ1) is 6.49. The molecular weight excluding hydrogens is 132 g/mol. The molecule has 9 heavy (non-hydrogen) atoms. The van der Waals surface area contributed by atoms with Gasteiger partial charge in [0, 0.05) is 17.9 Å². The zero-order valence-electron chi connectivity index (χ0n) is 4.96. The molecule has 0 aliphatic heterocycles. The molecular formula is C7H9OS+. The van der Waals surface area contributed by atoms with Crippen molar-refractivity contribution in [2.45, 2.75) is 5.75 Å². The molecule has 0 radical (unpaired) electrons. The quantitative estimate of drug-likeness (QED) is 0.453. The topological polar surface area (TPSA) is 22.9 Å². The van der Waals surface area contributed by atoms with Crippen molar-refractivity contribution in [3.8, 4) is 5.75 Å². The van der Waals surface area contributed by atoms with Gasteiger partial charge in [-0.3, -0.25) is 0 Å². The molecule has 0 aliphatic carbocycles. The van der Waals surface area contributed by atoms with Gasteiger partial charge in [-0.25, -0.2) is 0 Å². The van der Waals surface area contributed by atoms with Gasteiger partial charge in [-0.2, -0.15) is 12.6 Å². The van der Waals surface area contributed by atoms with E-state index in [-0.39, 0.29) is 0 Å². The van der Waals surface area contributed by atoms with Crippen LogP contribution in [0.15, 0.2) is 24.3 Å². The van der Waals surface area contributed by atoms with Crippen molar-refractivity contribution in [1.29, 1.82) is 0 Å². The third-order valence-corrected chi connectivity index (χ3v) is 1.50. The van der Waals surface area contributed by atoms with E-state index in [0.29, 0.717) is 5.75 Å². The van der Waals surface area contributed by atoms with E-state index in [9.17, 15) is 0 Å². The first-order valence-electron chi connectivity index (χ1n) is 2.74. The van der Waals surface area contributed by atoms with Gasteiger partial charge in [0.05, 0.1) is 0 Å². The van der Waals surface area contributed by atoms with E-state index in [1.165, 1.54) is 0 Å². The van der Waals surface area contributed by atoms with Gasteiger partial charge in [-0.05, 0) is 17.7 Å². The minimum Gasteiger partial charge on any atom is -0.593 e. The van der Waals surface area contributed by atoms with Crippen molar-refractivity contribution in [2.75, 3.05) is 0 Å². The Kier molecular flexibility index (Phi) is 2.01. The van der Waals surface area contributed by atoms with Crippen LogP contribution in [0, 0.1) is 0 Å². The average molecular weight is 141 g/mol. The van der Waals surface area contributed by atoms with Gasteiger partial charge in [-0.15, -0.1) is 0 Å². The first-order chi connectivity index (χ1) is 4.33. The summed E-state index contributed by atoms with van der Waals surface area (Å²) in [6, 6.07) is 7.36. The predicted octanol–water partition coefficient (Wildman–Crippen LogP) is 1.55. The number of benzene rings is 1. The third kappa shape index (κ3) is 1.64. The molecule has 0 fully saturated rings. The first-order valence-corrected chi connectivity index (χ1v) is 3.37. The monoisotopic (exact) mass is 141 g/mol. The van der Waals surface area contributed by atoms with Crippen molar-refractivity contribution < 1.29 is 5.11 Å². The minimum absolute atomic E-state index is 0.556. The highest BCUT2D eigenvalue weighted by molar-refractivity contribution is 7.79. The summed E-state index contributed by atoms with van der Waals surface area (Å²) in [7, 11) is 0. The Morgan fingerprint density at radius 3 is 2.22 bits per heavy atom. The van der Waals surface area contributed by atoms with E-state index in [4.69, 9.17) is 5.11 Å². The van der Waals surface area contributed by atoms with Crippen LogP contribution in [0.3, 0.4) is 0 Å².